The van der Waals surface area contributed by atoms with E-state index in [0.29, 0.717) is 6.54 Å². The summed E-state index contributed by atoms with van der Waals surface area (Å²) in [6.07, 6.45) is 8.25. The number of carbonyl (C=O) groups is 2. The van der Waals surface area contributed by atoms with Gasteiger partial charge in [-0.2, -0.15) is 0 Å². The number of likely N-dealkylation sites (tertiary alicyclic amines) is 1. The van der Waals surface area contributed by atoms with Gasteiger partial charge in [-0.15, -0.1) is 0 Å². The van der Waals surface area contributed by atoms with E-state index in [1.54, 1.807) is 4.90 Å². The molecule has 5 nitrogen and oxygen atoms in total. The lowest BCUT2D eigenvalue weighted by Crippen LogP contribution is -2.49. The summed E-state index contributed by atoms with van der Waals surface area (Å²) < 4.78 is 5.42. The summed E-state index contributed by atoms with van der Waals surface area (Å²) >= 11 is 0. The highest BCUT2D eigenvalue weighted by molar-refractivity contribution is 5.86. The summed E-state index contributed by atoms with van der Waals surface area (Å²) in [6.45, 7) is 6.16. The van der Waals surface area contributed by atoms with Crippen LogP contribution in [-0.2, 0) is 9.53 Å². The summed E-state index contributed by atoms with van der Waals surface area (Å²) in [7, 11) is 0. The first kappa shape index (κ1) is 17.1. The van der Waals surface area contributed by atoms with Crippen LogP contribution in [0.5, 0.6) is 0 Å². The van der Waals surface area contributed by atoms with Gasteiger partial charge in [-0.05, 0) is 46.5 Å². The Morgan fingerprint density at radius 1 is 1.00 bits per heavy atom. The number of hydrogen-bond donors (Lipinski definition) is 1. The molecular weight excluding hydrogens is 280 g/mol. The van der Waals surface area contributed by atoms with Gasteiger partial charge in [0.1, 0.15) is 11.6 Å². The molecule has 0 aromatic rings. The van der Waals surface area contributed by atoms with Crippen LogP contribution in [-0.4, -0.2) is 41.1 Å². The van der Waals surface area contributed by atoms with Gasteiger partial charge < -0.3 is 10.1 Å². The second-order valence-corrected chi connectivity index (χ2v) is 7.53. The van der Waals surface area contributed by atoms with Gasteiger partial charge in [0, 0.05) is 12.6 Å². The third kappa shape index (κ3) is 4.89. The van der Waals surface area contributed by atoms with Crippen molar-refractivity contribution in [2.24, 2.45) is 0 Å². The van der Waals surface area contributed by atoms with Crippen LogP contribution in [0, 0.1) is 0 Å². The second-order valence-electron chi connectivity index (χ2n) is 7.53. The molecule has 1 saturated heterocycles. The topological polar surface area (TPSA) is 58.6 Å². The molecule has 1 heterocycles. The van der Waals surface area contributed by atoms with Crippen molar-refractivity contribution >= 4 is 12.0 Å². The molecule has 2 aliphatic rings. The van der Waals surface area contributed by atoms with Gasteiger partial charge in [0.2, 0.25) is 5.91 Å². The monoisotopic (exact) mass is 310 g/mol. The number of ether oxygens (including phenoxy) is 1. The Bertz CT molecular complexity index is 395. The molecule has 0 spiro atoms. The fraction of sp³-hybridized carbons (Fsp3) is 0.882. The lowest BCUT2D eigenvalue weighted by Gasteiger charge is -2.29. The zero-order valence-electron chi connectivity index (χ0n) is 14.2. The molecule has 0 bridgehead atoms. The van der Waals surface area contributed by atoms with Gasteiger partial charge in [-0.25, -0.2) is 4.79 Å². The van der Waals surface area contributed by atoms with Crippen molar-refractivity contribution in [3.8, 4) is 0 Å². The van der Waals surface area contributed by atoms with Crippen molar-refractivity contribution in [3.05, 3.63) is 0 Å². The maximum absolute atomic E-state index is 12.5. The number of nitrogens with one attached hydrogen (secondary N) is 1. The van der Waals surface area contributed by atoms with E-state index in [9.17, 15) is 9.59 Å². The average molecular weight is 310 g/mol. The lowest BCUT2D eigenvalue weighted by molar-refractivity contribution is -0.126. The summed E-state index contributed by atoms with van der Waals surface area (Å²) in [6, 6.07) is -0.0887. The van der Waals surface area contributed by atoms with E-state index in [0.717, 1.165) is 25.7 Å². The van der Waals surface area contributed by atoms with Crippen LogP contribution in [0.3, 0.4) is 0 Å². The molecule has 1 atom stereocenters. The van der Waals surface area contributed by atoms with E-state index in [1.807, 2.05) is 20.8 Å². The molecule has 2 amide bonds. The van der Waals surface area contributed by atoms with Gasteiger partial charge in [-0.3, -0.25) is 9.69 Å². The van der Waals surface area contributed by atoms with Crippen molar-refractivity contribution in [3.63, 3.8) is 0 Å². The Morgan fingerprint density at radius 2 is 1.64 bits per heavy atom. The predicted octanol–water partition coefficient (Wildman–Crippen LogP) is 3.22. The van der Waals surface area contributed by atoms with Crippen molar-refractivity contribution < 1.29 is 14.3 Å². The Labute approximate surface area is 133 Å². The van der Waals surface area contributed by atoms with Gasteiger partial charge in [0.05, 0.1) is 0 Å². The Balaban J connectivity index is 1.91. The van der Waals surface area contributed by atoms with Crippen molar-refractivity contribution in [1.29, 1.82) is 0 Å². The largest absolute Gasteiger partial charge is 0.444 e. The van der Waals surface area contributed by atoms with Crippen LogP contribution < -0.4 is 5.32 Å². The predicted molar refractivity (Wildman–Crippen MR) is 85.6 cm³/mol. The van der Waals surface area contributed by atoms with Crippen molar-refractivity contribution in [1.82, 2.24) is 10.2 Å². The fourth-order valence-electron chi connectivity index (χ4n) is 3.30. The standard InChI is InChI=1S/C17H30N2O3/c1-17(2,3)22-16(21)19-12-8-11-14(19)15(20)18-13-9-6-4-5-7-10-13/h13-14H,4-12H2,1-3H3,(H,18,20)/t14-/m1/s1. The summed E-state index contributed by atoms with van der Waals surface area (Å²) in [5.41, 5.74) is -0.526. The molecule has 22 heavy (non-hydrogen) atoms. The Kier molecular flexibility index (Phi) is 5.70. The van der Waals surface area contributed by atoms with E-state index in [4.69, 9.17) is 4.74 Å². The maximum Gasteiger partial charge on any atom is 0.410 e. The highest BCUT2D eigenvalue weighted by Gasteiger charge is 2.37. The van der Waals surface area contributed by atoms with Crippen LogP contribution in [0.15, 0.2) is 0 Å². The van der Waals surface area contributed by atoms with Gasteiger partial charge in [0.15, 0.2) is 0 Å². The smallest absolute Gasteiger partial charge is 0.410 e. The van der Waals surface area contributed by atoms with E-state index < -0.39 is 5.60 Å². The average Bonchev–Trinajstić information content (AvgIpc) is 2.77. The third-order valence-electron chi connectivity index (χ3n) is 4.39. The maximum atomic E-state index is 12.5. The minimum atomic E-state index is -0.526. The second kappa shape index (κ2) is 7.34. The first-order valence-corrected chi connectivity index (χ1v) is 8.67. The highest BCUT2D eigenvalue weighted by Crippen LogP contribution is 2.22. The zero-order valence-corrected chi connectivity index (χ0v) is 14.2. The Hall–Kier alpha value is -1.26. The minimum Gasteiger partial charge on any atom is -0.444 e. The molecule has 1 aliphatic carbocycles. The number of carbonyl (C=O) groups excluding carboxylic acids is 2. The van der Waals surface area contributed by atoms with E-state index in [1.165, 1.54) is 25.7 Å². The molecule has 0 radical (unpaired) electrons. The van der Waals surface area contributed by atoms with E-state index >= 15 is 0 Å². The first-order chi connectivity index (χ1) is 10.4. The van der Waals surface area contributed by atoms with E-state index in [-0.39, 0.29) is 24.1 Å². The molecule has 0 unspecified atom stereocenters. The molecule has 1 N–H and O–H groups in total. The van der Waals surface area contributed by atoms with E-state index in [2.05, 4.69) is 5.32 Å². The third-order valence-corrected chi connectivity index (χ3v) is 4.39. The van der Waals surface area contributed by atoms with Crippen LogP contribution >= 0.6 is 0 Å². The number of nitrogens with zero attached hydrogens (tertiary/aromatic N) is 1. The molecular formula is C17H30N2O3. The number of hydrogen-bond acceptors (Lipinski definition) is 3. The molecule has 0 aromatic heterocycles. The van der Waals surface area contributed by atoms with Crippen LogP contribution in [0.4, 0.5) is 4.79 Å². The summed E-state index contributed by atoms with van der Waals surface area (Å²) in [4.78, 5) is 26.4. The molecule has 2 fully saturated rings. The quantitative estimate of drug-likeness (QED) is 0.797. The normalized spacial score (nSPS) is 24.0. The SMILES string of the molecule is CC(C)(C)OC(=O)N1CCC[C@@H]1C(=O)NC1CCCCCC1. The van der Waals surface area contributed by atoms with Crippen molar-refractivity contribution in [2.45, 2.75) is 89.8 Å². The molecule has 1 aliphatic heterocycles. The summed E-state index contributed by atoms with van der Waals surface area (Å²) in [5.74, 6) is -0.00439. The number of amides is 2. The lowest BCUT2D eigenvalue weighted by atomic mass is 10.1. The highest BCUT2D eigenvalue weighted by atomic mass is 16.6. The van der Waals surface area contributed by atoms with Crippen LogP contribution in [0.25, 0.3) is 0 Å². The zero-order chi connectivity index (χ0) is 16.2. The van der Waals surface area contributed by atoms with Crippen LogP contribution in [0.2, 0.25) is 0 Å². The number of rotatable bonds is 2. The Morgan fingerprint density at radius 3 is 2.23 bits per heavy atom. The molecule has 5 heteroatoms. The van der Waals surface area contributed by atoms with Gasteiger partial charge >= 0.3 is 6.09 Å². The fourth-order valence-corrected chi connectivity index (χ4v) is 3.30. The van der Waals surface area contributed by atoms with Crippen LogP contribution in [0.1, 0.15) is 72.1 Å². The first-order valence-electron chi connectivity index (χ1n) is 8.67. The minimum absolute atomic E-state index is 0.00439. The summed E-state index contributed by atoms with van der Waals surface area (Å²) in [5, 5.41) is 3.16. The molecule has 126 valence electrons. The molecule has 1 saturated carbocycles. The van der Waals surface area contributed by atoms with Gasteiger partial charge in [0.25, 0.3) is 0 Å². The van der Waals surface area contributed by atoms with Crippen molar-refractivity contribution in [2.75, 3.05) is 6.54 Å². The molecule has 2 rings (SSSR count). The molecule has 0 aromatic carbocycles. The van der Waals surface area contributed by atoms with Gasteiger partial charge in [-0.1, -0.05) is 25.7 Å².